The molecule has 3 N–H and O–H groups in total. The van der Waals surface area contributed by atoms with Crippen LogP contribution in [-0.4, -0.2) is 58.1 Å². The molecule has 0 saturated carbocycles. The number of rotatable bonds is 10. The Morgan fingerprint density at radius 1 is 1.37 bits per heavy atom. The van der Waals surface area contributed by atoms with Gasteiger partial charge in [0, 0.05) is 12.6 Å². The summed E-state index contributed by atoms with van der Waals surface area (Å²) in [5, 5.41) is 15.5. The van der Waals surface area contributed by atoms with Gasteiger partial charge < -0.3 is 20.2 Å². The topological polar surface area (TPSA) is 117 Å². The Morgan fingerprint density at radius 3 is 2.71 bits per heavy atom. The van der Waals surface area contributed by atoms with Crippen molar-refractivity contribution in [1.29, 1.82) is 0 Å². The zero-order chi connectivity index (χ0) is 26.2. The highest BCUT2D eigenvalue weighted by Gasteiger charge is 2.33. The first-order valence-corrected chi connectivity index (χ1v) is 11.9. The van der Waals surface area contributed by atoms with E-state index in [1.165, 1.54) is 0 Å². The molecule has 190 valence electrons. The normalized spacial score (nSPS) is 13.7. The van der Waals surface area contributed by atoms with Gasteiger partial charge in [-0.25, -0.2) is 4.98 Å². The molecule has 8 nitrogen and oxygen atoms in total. The number of aliphatic hydroxyl groups is 1. The first-order valence-electron chi connectivity index (χ1n) is 9.92. The number of aliphatic hydroxyl groups excluding tert-OH is 1. The van der Waals surface area contributed by atoms with Crippen LogP contribution >= 0.6 is 35.0 Å². The maximum atomic E-state index is 12.7. The van der Waals surface area contributed by atoms with Gasteiger partial charge in [0.2, 0.25) is 17.6 Å². The highest BCUT2D eigenvalue weighted by Crippen LogP contribution is 2.33. The molecule has 14 heteroatoms. The van der Waals surface area contributed by atoms with E-state index >= 15 is 0 Å². The van der Waals surface area contributed by atoms with Crippen LogP contribution in [0.15, 0.2) is 46.6 Å². The van der Waals surface area contributed by atoms with E-state index in [2.05, 4.69) is 27.2 Å². The van der Waals surface area contributed by atoms with Crippen molar-refractivity contribution >= 4 is 51.8 Å². The molecular formula is C21H21Cl2F3N4O4S. The summed E-state index contributed by atoms with van der Waals surface area (Å²) in [6, 6.07) is 3.45. The largest absolute Gasteiger partial charge is 0.431 e. The minimum atomic E-state index is -4.50. The summed E-state index contributed by atoms with van der Waals surface area (Å²) >= 11 is 13.1. The van der Waals surface area contributed by atoms with E-state index in [9.17, 15) is 27.9 Å². The molecule has 0 saturated heterocycles. The minimum absolute atomic E-state index is 0.0218. The predicted molar refractivity (Wildman–Crippen MR) is 129 cm³/mol. The maximum absolute atomic E-state index is 12.7. The summed E-state index contributed by atoms with van der Waals surface area (Å²) in [5.41, 5.74) is 0.350. The molecular weight excluding hydrogens is 532 g/mol. The molecule has 0 bridgehead atoms. The number of benzene rings is 1. The number of halogens is 5. The Morgan fingerprint density at radius 2 is 2.09 bits per heavy atom. The Balaban J connectivity index is 2.04. The van der Waals surface area contributed by atoms with Crippen LogP contribution < -0.4 is 10.6 Å². The van der Waals surface area contributed by atoms with Gasteiger partial charge >= 0.3 is 6.18 Å². The van der Waals surface area contributed by atoms with E-state index in [0.717, 1.165) is 24.2 Å². The SMILES string of the molecule is C=CN=C(SC)C(O)C(CCC(F)(F)F)NC(=O)CNC(=O)c1cnc(-c2cccc(Cl)c2Cl)o1. The molecule has 1 aromatic carbocycles. The summed E-state index contributed by atoms with van der Waals surface area (Å²) in [6.07, 6.45) is -4.05. The molecule has 0 aliphatic heterocycles. The first kappa shape index (κ1) is 28.7. The molecule has 1 aromatic heterocycles. The van der Waals surface area contributed by atoms with Gasteiger partial charge in [0.1, 0.15) is 11.1 Å². The van der Waals surface area contributed by atoms with Crippen molar-refractivity contribution in [2.24, 2.45) is 4.99 Å². The van der Waals surface area contributed by atoms with Crippen LogP contribution in [-0.2, 0) is 4.79 Å². The highest BCUT2D eigenvalue weighted by atomic mass is 35.5. The fraction of sp³-hybridized carbons (Fsp3) is 0.333. The number of nitrogens with zero attached hydrogens (tertiary/aromatic N) is 2. The van der Waals surface area contributed by atoms with Crippen molar-refractivity contribution in [2.45, 2.75) is 31.2 Å². The van der Waals surface area contributed by atoms with Gasteiger partial charge in [-0.15, -0.1) is 11.8 Å². The van der Waals surface area contributed by atoms with Gasteiger partial charge in [0.15, 0.2) is 0 Å². The van der Waals surface area contributed by atoms with E-state index in [4.69, 9.17) is 27.6 Å². The van der Waals surface area contributed by atoms with Gasteiger partial charge in [0.25, 0.3) is 5.91 Å². The number of oxazole rings is 1. The Kier molecular flexibility index (Phi) is 10.6. The molecule has 0 radical (unpaired) electrons. The summed E-state index contributed by atoms with van der Waals surface area (Å²) in [4.78, 5) is 32.5. The lowest BCUT2D eigenvalue weighted by molar-refractivity contribution is -0.139. The molecule has 0 aliphatic rings. The van der Waals surface area contributed by atoms with Crippen molar-refractivity contribution in [3.05, 3.63) is 53.0 Å². The van der Waals surface area contributed by atoms with Crippen LogP contribution in [0.25, 0.3) is 11.5 Å². The van der Waals surface area contributed by atoms with Crippen LogP contribution in [0.4, 0.5) is 13.2 Å². The molecule has 0 aliphatic carbocycles. The number of hydrogen-bond acceptors (Lipinski definition) is 7. The van der Waals surface area contributed by atoms with Gasteiger partial charge in [-0.2, -0.15) is 13.2 Å². The Bertz CT molecular complexity index is 1090. The van der Waals surface area contributed by atoms with Crippen LogP contribution in [0.3, 0.4) is 0 Å². The number of carbonyl (C=O) groups is 2. The van der Waals surface area contributed by atoms with E-state index in [-0.39, 0.29) is 26.7 Å². The summed E-state index contributed by atoms with van der Waals surface area (Å²) < 4.78 is 43.6. The number of amides is 2. The zero-order valence-corrected chi connectivity index (χ0v) is 20.6. The van der Waals surface area contributed by atoms with Crippen LogP contribution in [0.1, 0.15) is 23.4 Å². The van der Waals surface area contributed by atoms with Crippen LogP contribution in [0.2, 0.25) is 10.0 Å². The third-order valence-corrected chi connectivity index (χ3v) is 6.05. The number of aromatic nitrogens is 1. The molecule has 2 rings (SSSR count). The van der Waals surface area contributed by atoms with Gasteiger partial charge in [-0.05, 0) is 24.8 Å². The van der Waals surface area contributed by atoms with Gasteiger partial charge in [-0.1, -0.05) is 35.8 Å². The Hall–Kier alpha value is -2.54. The average Bonchev–Trinajstić information content (AvgIpc) is 3.29. The molecule has 35 heavy (non-hydrogen) atoms. The summed E-state index contributed by atoms with van der Waals surface area (Å²) in [5.74, 6) is -1.85. The van der Waals surface area contributed by atoms with Gasteiger partial charge in [0.05, 0.1) is 34.4 Å². The molecule has 2 atom stereocenters. The zero-order valence-electron chi connectivity index (χ0n) is 18.2. The van der Waals surface area contributed by atoms with Gasteiger partial charge in [-0.3, -0.25) is 14.6 Å². The number of thioether (sulfide) groups is 1. The smallest absolute Gasteiger partial charge is 0.389 e. The average molecular weight is 553 g/mol. The maximum Gasteiger partial charge on any atom is 0.389 e. The highest BCUT2D eigenvalue weighted by molar-refractivity contribution is 8.13. The second kappa shape index (κ2) is 13.0. The predicted octanol–water partition coefficient (Wildman–Crippen LogP) is 4.47. The number of hydrogen-bond donors (Lipinski definition) is 3. The second-order valence-electron chi connectivity index (χ2n) is 6.94. The molecule has 1 heterocycles. The number of aliphatic imine (C=N–C) groups is 1. The van der Waals surface area contributed by atoms with Crippen molar-refractivity contribution in [3.8, 4) is 11.5 Å². The van der Waals surface area contributed by atoms with E-state index in [1.54, 1.807) is 24.5 Å². The Labute approximate surface area is 213 Å². The van der Waals surface area contributed by atoms with Crippen molar-refractivity contribution in [2.75, 3.05) is 12.8 Å². The molecule has 0 spiro atoms. The lowest BCUT2D eigenvalue weighted by Crippen LogP contribution is -2.49. The van der Waals surface area contributed by atoms with Crippen molar-refractivity contribution in [3.63, 3.8) is 0 Å². The standard InChI is InChI=1S/C21H21Cl2F3N4O4S/c1-3-27-20(35-2)17(32)13(7-8-21(24,25)26)30-15(31)10-28-18(33)14-9-29-19(34-14)11-5-4-6-12(22)16(11)23/h3-6,9,13,17,32H,1,7-8,10H2,2H3,(H,28,33)(H,30,31). The minimum Gasteiger partial charge on any atom is -0.431 e. The van der Waals surface area contributed by atoms with E-state index < -0.39 is 49.5 Å². The lowest BCUT2D eigenvalue weighted by Gasteiger charge is -2.25. The molecule has 2 aromatic rings. The first-order chi connectivity index (χ1) is 16.5. The fourth-order valence-electron chi connectivity index (χ4n) is 2.82. The van der Waals surface area contributed by atoms with Crippen LogP contribution in [0, 0.1) is 0 Å². The van der Waals surface area contributed by atoms with Crippen molar-refractivity contribution < 1.29 is 32.3 Å². The monoisotopic (exact) mass is 552 g/mol. The lowest BCUT2D eigenvalue weighted by atomic mass is 10.1. The number of nitrogens with one attached hydrogen (secondary N) is 2. The second-order valence-corrected chi connectivity index (χ2v) is 8.55. The quantitative estimate of drug-likeness (QED) is 0.295. The summed E-state index contributed by atoms with van der Waals surface area (Å²) in [7, 11) is 0. The molecule has 2 amide bonds. The van der Waals surface area contributed by atoms with E-state index in [1.807, 2.05) is 0 Å². The summed E-state index contributed by atoms with van der Waals surface area (Å²) in [6.45, 7) is 2.79. The third-order valence-electron chi connectivity index (χ3n) is 4.47. The third kappa shape index (κ3) is 8.57. The fourth-order valence-corrected chi connectivity index (χ4v) is 3.79. The number of alkyl halides is 3. The number of carbonyl (C=O) groups excluding carboxylic acids is 2. The molecule has 0 fully saturated rings. The molecule has 2 unspecified atom stereocenters. The van der Waals surface area contributed by atoms with E-state index in [0.29, 0.717) is 5.56 Å². The van der Waals surface area contributed by atoms with Crippen LogP contribution in [0.5, 0.6) is 0 Å². The van der Waals surface area contributed by atoms with Crippen molar-refractivity contribution in [1.82, 2.24) is 15.6 Å².